The van der Waals surface area contributed by atoms with Crippen LogP contribution in [0.2, 0.25) is 0 Å². The van der Waals surface area contributed by atoms with Crippen LogP contribution in [0.5, 0.6) is 0 Å². The lowest BCUT2D eigenvalue weighted by atomic mass is 9.94. The van der Waals surface area contributed by atoms with Crippen molar-refractivity contribution in [1.82, 2.24) is 21.0 Å². The minimum absolute atomic E-state index is 0.0529. The predicted octanol–water partition coefficient (Wildman–Crippen LogP) is 5.44. The molecule has 41 heavy (non-hydrogen) atoms. The summed E-state index contributed by atoms with van der Waals surface area (Å²) in [6.45, 7) is 8.32. The van der Waals surface area contributed by atoms with Gasteiger partial charge in [-0.3, -0.25) is 9.99 Å². The fraction of sp³-hybridized carbons (Fsp3) is 0.355. The van der Waals surface area contributed by atoms with Gasteiger partial charge in [-0.15, -0.1) is 5.53 Å². The molecule has 1 aliphatic carbocycles. The molecule has 2 aliphatic rings. The molecular formula is C31H32FN9. The number of hydrazine groups is 2. The summed E-state index contributed by atoms with van der Waals surface area (Å²) in [6.07, 6.45) is 4.85. The Morgan fingerprint density at radius 2 is 1.83 bits per heavy atom. The second-order valence-corrected chi connectivity index (χ2v) is 11.9. The van der Waals surface area contributed by atoms with Crippen LogP contribution in [0.1, 0.15) is 67.5 Å². The molecule has 2 aromatic carbocycles. The van der Waals surface area contributed by atoms with Gasteiger partial charge in [0, 0.05) is 30.0 Å². The number of nitriles is 3. The molecular weight excluding hydrogens is 517 g/mol. The smallest absolute Gasteiger partial charge is 0.114 e. The van der Waals surface area contributed by atoms with Gasteiger partial charge in [0.15, 0.2) is 0 Å². The molecule has 0 spiro atoms. The first-order chi connectivity index (χ1) is 19.6. The Labute approximate surface area is 239 Å². The molecule has 1 aromatic heterocycles. The highest BCUT2D eigenvalue weighted by molar-refractivity contribution is 5.99. The number of hydrogen-bond donors (Lipinski definition) is 4. The minimum Gasteiger partial charge on any atom is -0.383 e. The zero-order valence-electron chi connectivity index (χ0n) is 23.6. The van der Waals surface area contributed by atoms with Crippen molar-refractivity contribution in [2.24, 2.45) is 5.41 Å². The van der Waals surface area contributed by atoms with Crippen molar-refractivity contribution in [3.63, 3.8) is 0 Å². The maximum atomic E-state index is 13.9. The quantitative estimate of drug-likeness (QED) is 0.290. The van der Waals surface area contributed by atoms with Gasteiger partial charge in [-0.2, -0.15) is 15.8 Å². The molecule has 0 radical (unpaired) electrons. The van der Waals surface area contributed by atoms with Gasteiger partial charge in [-0.05, 0) is 54.5 Å². The molecule has 9 nitrogen and oxygen atoms in total. The van der Waals surface area contributed by atoms with Crippen LogP contribution >= 0.6 is 0 Å². The van der Waals surface area contributed by atoms with Crippen LogP contribution in [-0.2, 0) is 0 Å². The van der Waals surface area contributed by atoms with E-state index in [9.17, 15) is 20.2 Å². The fourth-order valence-corrected chi connectivity index (χ4v) is 4.99. The SMILES string of the molecule is Cc1c(C#N)cccc1[C@H](Nc1cc(C#N)c2ncc(C#N)c(NCC(C)(C)C)c2c1)C1=CN(C2(CF)CC2)NN1. The Morgan fingerprint density at radius 1 is 1.10 bits per heavy atom. The highest BCUT2D eigenvalue weighted by Crippen LogP contribution is 2.43. The molecule has 5 rings (SSSR count). The molecule has 3 aromatic rings. The summed E-state index contributed by atoms with van der Waals surface area (Å²) < 4.78 is 13.9. The van der Waals surface area contributed by atoms with Crippen molar-refractivity contribution in [1.29, 1.82) is 15.8 Å². The lowest BCUT2D eigenvalue weighted by Gasteiger charge is -2.25. The maximum Gasteiger partial charge on any atom is 0.114 e. The molecule has 4 N–H and O–H groups in total. The second kappa shape index (κ2) is 10.6. The van der Waals surface area contributed by atoms with Gasteiger partial charge in [0.05, 0.1) is 51.2 Å². The van der Waals surface area contributed by atoms with Crippen molar-refractivity contribution in [2.45, 2.75) is 52.1 Å². The molecule has 0 amide bonds. The molecule has 1 atom stereocenters. The summed E-state index contributed by atoms with van der Waals surface area (Å²) in [5.74, 6) is 0. The van der Waals surface area contributed by atoms with E-state index >= 15 is 0 Å². The number of aromatic nitrogens is 1. The third kappa shape index (κ3) is 5.33. The molecule has 2 heterocycles. The Balaban J connectivity index is 1.63. The summed E-state index contributed by atoms with van der Waals surface area (Å²) in [5.41, 5.74) is 11.1. The highest BCUT2D eigenvalue weighted by Gasteiger charge is 2.49. The first-order valence-corrected chi connectivity index (χ1v) is 13.5. The van der Waals surface area contributed by atoms with Crippen LogP contribution in [0.15, 0.2) is 48.4 Å². The van der Waals surface area contributed by atoms with Crippen molar-refractivity contribution in [2.75, 3.05) is 23.9 Å². The summed E-state index contributed by atoms with van der Waals surface area (Å²) >= 11 is 0. The lowest BCUT2D eigenvalue weighted by Crippen LogP contribution is -2.46. The van der Waals surface area contributed by atoms with E-state index in [0.717, 1.165) is 29.7 Å². The second-order valence-electron chi connectivity index (χ2n) is 11.9. The maximum absolute atomic E-state index is 13.9. The molecule has 1 fully saturated rings. The molecule has 0 bridgehead atoms. The van der Waals surface area contributed by atoms with Crippen LogP contribution in [0.25, 0.3) is 10.9 Å². The number of nitrogens with one attached hydrogen (secondary N) is 4. The van der Waals surface area contributed by atoms with Crippen molar-refractivity contribution in [3.8, 4) is 18.2 Å². The first-order valence-electron chi connectivity index (χ1n) is 13.5. The summed E-state index contributed by atoms with van der Waals surface area (Å²) in [5, 5.41) is 39.0. The van der Waals surface area contributed by atoms with Gasteiger partial charge < -0.3 is 16.1 Å². The Hall–Kier alpha value is -4.85. The standard InChI is InChI=1S/C31H32FN9/c1-19-20(12-33)6-5-7-24(19)29(26-16-41(40-39-26)31(17-32)8-9-31)38-23-10-21(13-34)27-25(11-23)28(22(14-35)15-36-27)37-18-30(2,3)4/h5-7,10-11,15-16,29,38-40H,8-9,17-18H2,1-4H3,(H,36,37)/t29-/m0/s1. The Bertz CT molecular complexity index is 1660. The molecule has 0 saturated heterocycles. The van der Waals surface area contributed by atoms with E-state index in [-0.39, 0.29) is 5.41 Å². The average molecular weight is 550 g/mol. The fourth-order valence-electron chi connectivity index (χ4n) is 4.99. The van der Waals surface area contributed by atoms with Crippen molar-refractivity contribution < 1.29 is 4.39 Å². The monoisotopic (exact) mass is 549 g/mol. The molecule has 208 valence electrons. The lowest BCUT2D eigenvalue weighted by molar-refractivity contribution is 0.146. The molecule has 10 heteroatoms. The molecule has 1 aliphatic heterocycles. The van der Waals surface area contributed by atoms with E-state index < -0.39 is 18.3 Å². The largest absolute Gasteiger partial charge is 0.383 e. The first kappa shape index (κ1) is 27.7. The van der Waals surface area contributed by atoms with Gasteiger partial charge in [0.2, 0.25) is 0 Å². The van der Waals surface area contributed by atoms with E-state index in [4.69, 9.17) is 0 Å². The third-order valence-electron chi connectivity index (χ3n) is 7.61. The van der Waals surface area contributed by atoms with E-state index in [2.05, 4.69) is 65.6 Å². The van der Waals surface area contributed by atoms with E-state index in [1.165, 1.54) is 6.20 Å². The van der Waals surface area contributed by atoms with Crippen LogP contribution in [0, 0.1) is 46.3 Å². The highest BCUT2D eigenvalue weighted by atomic mass is 19.1. The zero-order chi connectivity index (χ0) is 29.4. The number of anilines is 2. The Kier molecular flexibility index (Phi) is 7.17. The summed E-state index contributed by atoms with van der Waals surface area (Å²) in [4.78, 5) is 4.45. The van der Waals surface area contributed by atoms with Gasteiger partial charge >= 0.3 is 0 Å². The van der Waals surface area contributed by atoms with Crippen LogP contribution in [0.3, 0.4) is 0 Å². The predicted molar refractivity (Wildman–Crippen MR) is 156 cm³/mol. The van der Waals surface area contributed by atoms with E-state index in [1.807, 2.05) is 31.3 Å². The van der Waals surface area contributed by atoms with Crippen LogP contribution in [0.4, 0.5) is 15.8 Å². The number of pyridine rings is 1. The summed E-state index contributed by atoms with van der Waals surface area (Å²) in [7, 11) is 0. The third-order valence-corrected chi connectivity index (χ3v) is 7.61. The Morgan fingerprint density at radius 3 is 2.46 bits per heavy atom. The summed E-state index contributed by atoms with van der Waals surface area (Å²) in [6, 6.07) is 15.4. The van der Waals surface area contributed by atoms with Gasteiger partial charge in [-0.25, -0.2) is 4.39 Å². The van der Waals surface area contributed by atoms with Gasteiger partial charge in [-0.1, -0.05) is 32.9 Å². The number of benzene rings is 2. The van der Waals surface area contributed by atoms with E-state index in [0.29, 0.717) is 45.5 Å². The van der Waals surface area contributed by atoms with E-state index in [1.54, 1.807) is 17.1 Å². The van der Waals surface area contributed by atoms with Gasteiger partial charge in [0.25, 0.3) is 0 Å². The number of alkyl halides is 1. The number of hydrogen-bond acceptors (Lipinski definition) is 9. The van der Waals surface area contributed by atoms with Gasteiger partial charge in [0.1, 0.15) is 18.8 Å². The van der Waals surface area contributed by atoms with Crippen LogP contribution in [-0.4, -0.2) is 28.8 Å². The van der Waals surface area contributed by atoms with Crippen molar-refractivity contribution in [3.05, 3.63) is 76.2 Å². The normalized spacial score (nSPS) is 16.1. The molecule has 1 saturated carbocycles. The topological polar surface area (TPSA) is 136 Å². The number of fused-ring (bicyclic) bond motifs is 1. The minimum atomic E-state index is -0.563. The van der Waals surface area contributed by atoms with Crippen molar-refractivity contribution >= 4 is 22.3 Å². The number of nitrogens with zero attached hydrogens (tertiary/aromatic N) is 5. The zero-order valence-corrected chi connectivity index (χ0v) is 23.6. The van der Waals surface area contributed by atoms with Crippen LogP contribution < -0.4 is 21.6 Å². The average Bonchev–Trinajstić information content (AvgIpc) is 3.61. The molecule has 0 unspecified atom stereocenters. The number of rotatable bonds is 8. The number of halogens is 1.